The molecule has 1 unspecified atom stereocenters. The van der Waals surface area contributed by atoms with Crippen LogP contribution >= 0.6 is 0 Å². The minimum absolute atomic E-state index is 0.109. The Bertz CT molecular complexity index is 514. The van der Waals surface area contributed by atoms with Gasteiger partial charge in [-0.05, 0) is 85.0 Å². The smallest absolute Gasteiger partial charge is 0.0860 e. The van der Waals surface area contributed by atoms with Crippen molar-refractivity contribution in [3.63, 3.8) is 0 Å². The maximum Gasteiger partial charge on any atom is 0.0860 e. The third-order valence-corrected chi connectivity index (χ3v) is 8.64. The molecule has 2 heteroatoms. The quantitative estimate of drug-likeness (QED) is 0.717. The lowest BCUT2D eigenvalue weighted by Crippen LogP contribution is -2.58. The minimum Gasteiger partial charge on any atom is -0.396 e. The van der Waals surface area contributed by atoms with Crippen LogP contribution in [-0.4, -0.2) is 22.4 Å². The van der Waals surface area contributed by atoms with Crippen LogP contribution in [0.3, 0.4) is 0 Å². The van der Waals surface area contributed by atoms with E-state index in [1.165, 1.54) is 32.1 Å². The van der Waals surface area contributed by atoms with E-state index in [4.69, 9.17) is 0 Å². The van der Waals surface area contributed by atoms with Gasteiger partial charge < -0.3 is 10.2 Å². The van der Waals surface area contributed by atoms with Gasteiger partial charge in [0.25, 0.3) is 0 Å². The van der Waals surface area contributed by atoms with Crippen molar-refractivity contribution < 1.29 is 10.2 Å². The Balaban J connectivity index is 1.74. The van der Waals surface area contributed by atoms with E-state index in [0.29, 0.717) is 29.3 Å². The Kier molecular flexibility index (Phi) is 3.03. The van der Waals surface area contributed by atoms with Crippen LogP contribution in [0.5, 0.6) is 0 Å². The van der Waals surface area contributed by atoms with Gasteiger partial charge >= 0.3 is 0 Å². The van der Waals surface area contributed by atoms with E-state index in [-0.39, 0.29) is 5.41 Å². The molecule has 0 aromatic rings. The van der Waals surface area contributed by atoms with Crippen LogP contribution in [0, 0.1) is 28.1 Å². The van der Waals surface area contributed by atoms with Gasteiger partial charge in [-0.3, -0.25) is 0 Å². The van der Waals surface area contributed by atoms with E-state index in [1.54, 1.807) is 0 Å². The molecule has 4 rings (SSSR count). The lowest BCUT2D eigenvalue weighted by Gasteiger charge is -2.64. The molecule has 0 amide bonds. The number of fused-ring (bicyclic) bond motifs is 3. The zero-order valence-electron chi connectivity index (χ0n) is 14.3. The lowest BCUT2D eigenvalue weighted by molar-refractivity contribution is -0.171. The van der Waals surface area contributed by atoms with E-state index in [1.807, 2.05) is 0 Å². The van der Waals surface area contributed by atoms with Gasteiger partial charge in [0, 0.05) is 6.61 Å². The summed E-state index contributed by atoms with van der Waals surface area (Å²) in [7, 11) is 0. The number of rotatable bonds is 1. The molecule has 2 nitrogen and oxygen atoms in total. The molecule has 0 heterocycles. The molecule has 124 valence electrons. The molecule has 4 saturated carbocycles. The van der Waals surface area contributed by atoms with Gasteiger partial charge in [-0.15, -0.1) is 0 Å². The van der Waals surface area contributed by atoms with Gasteiger partial charge in [0.15, 0.2) is 0 Å². The summed E-state index contributed by atoms with van der Waals surface area (Å²) in [6.07, 6.45) is 10.3. The van der Waals surface area contributed by atoms with Crippen molar-refractivity contribution in [1.29, 1.82) is 0 Å². The van der Waals surface area contributed by atoms with Crippen LogP contribution in [0.4, 0.5) is 0 Å². The van der Waals surface area contributed by atoms with Crippen LogP contribution in [0.2, 0.25) is 0 Å². The van der Waals surface area contributed by atoms with Crippen molar-refractivity contribution in [2.45, 2.75) is 77.2 Å². The Morgan fingerprint density at radius 3 is 2.55 bits per heavy atom. The summed E-state index contributed by atoms with van der Waals surface area (Å²) in [5.74, 6) is 1.36. The molecular formula is C20H32O2. The van der Waals surface area contributed by atoms with Gasteiger partial charge in [-0.1, -0.05) is 26.8 Å². The third kappa shape index (κ3) is 1.69. The fourth-order valence-corrected chi connectivity index (χ4v) is 7.67. The molecule has 2 N–H and O–H groups in total. The maximum atomic E-state index is 10.9. The summed E-state index contributed by atoms with van der Waals surface area (Å²) >= 11 is 0. The van der Waals surface area contributed by atoms with E-state index in [9.17, 15) is 10.2 Å². The topological polar surface area (TPSA) is 40.5 Å². The maximum absolute atomic E-state index is 10.9. The molecular weight excluding hydrogens is 272 g/mol. The normalized spacial score (nSPS) is 57.4. The molecule has 0 radical (unpaired) electrons. The second kappa shape index (κ2) is 4.39. The van der Waals surface area contributed by atoms with Crippen LogP contribution in [0.25, 0.3) is 0 Å². The van der Waals surface area contributed by atoms with E-state index in [0.717, 1.165) is 31.3 Å². The highest BCUT2D eigenvalue weighted by molar-refractivity contribution is 5.29. The van der Waals surface area contributed by atoms with Crippen molar-refractivity contribution in [2.75, 3.05) is 6.61 Å². The molecule has 22 heavy (non-hydrogen) atoms. The Hall–Kier alpha value is -0.340. The van der Waals surface area contributed by atoms with Crippen molar-refractivity contribution >= 4 is 0 Å². The van der Waals surface area contributed by atoms with Gasteiger partial charge in [-0.2, -0.15) is 0 Å². The van der Waals surface area contributed by atoms with Crippen LogP contribution in [0.1, 0.15) is 71.6 Å². The Labute approximate surface area is 135 Å². The second-order valence-corrected chi connectivity index (χ2v) is 9.71. The molecule has 0 aromatic carbocycles. The standard InChI is InChI=1S/C20H32O2/c1-14-11-19-9-5-15-17(2,13-21)7-4-8-18(15,3)16(19)6-10-20(14,22)12-19/h15-16,21-22H,1,4-13H2,2-3H3/t15-,16+,17?,18-,19-,20-/m0/s1. The van der Waals surface area contributed by atoms with Crippen LogP contribution in [0.15, 0.2) is 12.2 Å². The molecule has 4 fully saturated rings. The molecule has 2 bridgehead atoms. The summed E-state index contributed by atoms with van der Waals surface area (Å²) < 4.78 is 0. The summed E-state index contributed by atoms with van der Waals surface area (Å²) in [5.41, 5.74) is 1.31. The zero-order chi connectivity index (χ0) is 15.8. The summed E-state index contributed by atoms with van der Waals surface area (Å²) in [6, 6.07) is 0. The molecule has 4 aliphatic carbocycles. The lowest BCUT2D eigenvalue weighted by atomic mass is 9.41. The highest BCUT2D eigenvalue weighted by atomic mass is 16.3. The highest BCUT2D eigenvalue weighted by Crippen LogP contribution is 2.72. The van der Waals surface area contributed by atoms with E-state index < -0.39 is 5.60 Å². The average Bonchev–Trinajstić information content (AvgIpc) is 2.64. The zero-order valence-corrected chi connectivity index (χ0v) is 14.3. The fraction of sp³-hybridized carbons (Fsp3) is 0.900. The first kappa shape index (κ1) is 15.2. The van der Waals surface area contributed by atoms with Gasteiger partial charge in [0.05, 0.1) is 5.60 Å². The first-order chi connectivity index (χ1) is 10.3. The Morgan fingerprint density at radius 2 is 1.82 bits per heavy atom. The average molecular weight is 304 g/mol. The molecule has 6 atom stereocenters. The fourth-order valence-electron chi connectivity index (χ4n) is 7.67. The van der Waals surface area contributed by atoms with Gasteiger partial charge in [0.1, 0.15) is 0 Å². The van der Waals surface area contributed by atoms with E-state index in [2.05, 4.69) is 20.4 Å². The molecule has 0 aliphatic heterocycles. The molecule has 1 spiro atoms. The van der Waals surface area contributed by atoms with Crippen molar-refractivity contribution in [3.05, 3.63) is 12.2 Å². The number of aliphatic hydroxyl groups excluding tert-OH is 1. The second-order valence-electron chi connectivity index (χ2n) is 9.71. The predicted molar refractivity (Wildman–Crippen MR) is 88.4 cm³/mol. The number of hydrogen-bond donors (Lipinski definition) is 2. The largest absolute Gasteiger partial charge is 0.396 e. The minimum atomic E-state index is -0.561. The predicted octanol–water partition coefficient (Wildman–Crippen LogP) is 4.06. The molecule has 0 aromatic heterocycles. The van der Waals surface area contributed by atoms with Gasteiger partial charge in [-0.25, -0.2) is 0 Å². The monoisotopic (exact) mass is 304 g/mol. The summed E-state index contributed by atoms with van der Waals surface area (Å²) in [5, 5.41) is 21.0. The van der Waals surface area contributed by atoms with Crippen molar-refractivity contribution in [1.82, 2.24) is 0 Å². The van der Waals surface area contributed by atoms with Crippen molar-refractivity contribution in [3.8, 4) is 0 Å². The third-order valence-electron chi connectivity index (χ3n) is 8.64. The first-order valence-electron chi connectivity index (χ1n) is 9.30. The first-order valence-corrected chi connectivity index (χ1v) is 9.30. The highest BCUT2D eigenvalue weighted by Gasteiger charge is 2.66. The molecule has 4 aliphatic rings. The molecule has 0 saturated heterocycles. The SMILES string of the molecule is C=C1C[C@]23CC[C@H]4C(C)(CO)CCC[C@]4(C)[C@H]2CC[C@]1(O)C3. The van der Waals surface area contributed by atoms with Crippen LogP contribution < -0.4 is 0 Å². The summed E-state index contributed by atoms with van der Waals surface area (Å²) in [4.78, 5) is 0. The van der Waals surface area contributed by atoms with E-state index >= 15 is 0 Å². The van der Waals surface area contributed by atoms with Gasteiger partial charge in [0.2, 0.25) is 0 Å². The van der Waals surface area contributed by atoms with Crippen molar-refractivity contribution in [2.24, 2.45) is 28.1 Å². The number of hydrogen-bond acceptors (Lipinski definition) is 2. The Morgan fingerprint density at radius 1 is 1.09 bits per heavy atom. The van der Waals surface area contributed by atoms with Crippen LogP contribution in [-0.2, 0) is 0 Å². The number of aliphatic hydroxyl groups is 2. The summed E-state index contributed by atoms with van der Waals surface area (Å²) in [6.45, 7) is 9.41.